The van der Waals surface area contributed by atoms with Crippen molar-refractivity contribution >= 4 is 11.6 Å². The zero-order valence-electron chi connectivity index (χ0n) is 15.3. The molecule has 2 saturated heterocycles. The molecule has 4 nitrogen and oxygen atoms in total. The van der Waals surface area contributed by atoms with Crippen LogP contribution in [0.3, 0.4) is 0 Å². The van der Waals surface area contributed by atoms with Gasteiger partial charge in [0.2, 0.25) is 11.7 Å². The van der Waals surface area contributed by atoms with E-state index in [9.17, 15) is 0 Å². The van der Waals surface area contributed by atoms with Crippen LogP contribution < -0.4 is 0 Å². The van der Waals surface area contributed by atoms with E-state index in [-0.39, 0.29) is 13.3 Å². The molecular formula is C23H26ClN3O. The molecule has 2 bridgehead atoms. The minimum atomic E-state index is 0. The summed E-state index contributed by atoms with van der Waals surface area (Å²) < 4.78 is 5.82. The second kappa shape index (κ2) is 7.69. The van der Waals surface area contributed by atoms with Crippen molar-refractivity contribution in [3.63, 3.8) is 0 Å². The molecular weight excluding hydrogens is 370 g/mol. The average molecular weight is 396 g/mol. The van der Waals surface area contributed by atoms with E-state index in [0.717, 1.165) is 22.9 Å². The van der Waals surface area contributed by atoms with Crippen LogP contribution in [-0.4, -0.2) is 34.2 Å². The highest BCUT2D eigenvalue weighted by atomic mass is 35.5. The fraction of sp³-hybridized carbons (Fsp3) is 0.391. The van der Waals surface area contributed by atoms with Gasteiger partial charge in [-0.2, -0.15) is 4.98 Å². The molecule has 3 aromatic rings. The first-order valence-electron chi connectivity index (χ1n) is 9.57. The largest absolute Gasteiger partial charge is 0.339 e. The Morgan fingerprint density at radius 2 is 1.79 bits per heavy atom. The van der Waals surface area contributed by atoms with Crippen molar-refractivity contribution in [1.82, 2.24) is 15.0 Å². The summed E-state index contributed by atoms with van der Waals surface area (Å²) in [4.78, 5) is 7.34. The van der Waals surface area contributed by atoms with Gasteiger partial charge in [0.15, 0.2) is 0 Å². The standard InChI is InChI=1S/C22H22ClN3O.CH4/c1-26-17-11-12-19(26)20(18(13-17)14-7-9-16(23)10-8-14)22-24-21(25-27-22)15-5-3-2-4-6-15;/h2-10,17-20H,11-13H2,1H3;1H4/t17-,18-,19?,20?;/m1./s1. The van der Waals surface area contributed by atoms with Gasteiger partial charge in [-0.3, -0.25) is 4.90 Å². The highest BCUT2D eigenvalue weighted by Gasteiger charge is 2.48. The molecule has 2 aromatic carbocycles. The predicted molar refractivity (Wildman–Crippen MR) is 113 cm³/mol. The summed E-state index contributed by atoms with van der Waals surface area (Å²) in [5, 5.41) is 5.06. The summed E-state index contributed by atoms with van der Waals surface area (Å²) in [6, 6.07) is 19.4. The van der Waals surface area contributed by atoms with Crippen LogP contribution in [0.5, 0.6) is 0 Å². The van der Waals surface area contributed by atoms with Gasteiger partial charge in [0, 0.05) is 22.7 Å². The molecule has 0 spiro atoms. The maximum Gasteiger partial charge on any atom is 0.232 e. The zero-order valence-corrected chi connectivity index (χ0v) is 16.0. The number of fused-ring (bicyclic) bond motifs is 2. The molecule has 0 radical (unpaired) electrons. The molecule has 2 aliphatic rings. The van der Waals surface area contributed by atoms with E-state index in [2.05, 4.69) is 29.2 Å². The predicted octanol–water partition coefficient (Wildman–Crippen LogP) is 5.76. The molecule has 146 valence electrons. The van der Waals surface area contributed by atoms with Gasteiger partial charge in [-0.15, -0.1) is 0 Å². The number of piperidine rings is 1. The lowest BCUT2D eigenvalue weighted by Gasteiger charge is -2.41. The number of hydrogen-bond acceptors (Lipinski definition) is 4. The summed E-state index contributed by atoms with van der Waals surface area (Å²) in [5.41, 5.74) is 2.30. The monoisotopic (exact) mass is 395 g/mol. The first-order valence-corrected chi connectivity index (χ1v) is 9.95. The third-order valence-electron chi connectivity index (χ3n) is 6.33. The second-order valence-electron chi connectivity index (χ2n) is 7.71. The lowest BCUT2D eigenvalue weighted by molar-refractivity contribution is 0.120. The summed E-state index contributed by atoms with van der Waals surface area (Å²) in [5.74, 6) is 2.01. The molecule has 3 heterocycles. The van der Waals surface area contributed by atoms with E-state index in [1.807, 2.05) is 42.5 Å². The molecule has 2 fully saturated rings. The smallest absolute Gasteiger partial charge is 0.232 e. The van der Waals surface area contributed by atoms with E-state index < -0.39 is 0 Å². The molecule has 1 aromatic heterocycles. The zero-order chi connectivity index (χ0) is 18.4. The van der Waals surface area contributed by atoms with Gasteiger partial charge in [0.05, 0.1) is 5.92 Å². The maximum atomic E-state index is 6.12. The van der Waals surface area contributed by atoms with Gasteiger partial charge in [0.25, 0.3) is 0 Å². The van der Waals surface area contributed by atoms with Crippen molar-refractivity contribution in [2.24, 2.45) is 0 Å². The number of likely N-dealkylation sites (N-methyl/N-ethyl adjacent to an activating group) is 1. The topological polar surface area (TPSA) is 42.2 Å². The molecule has 5 rings (SSSR count). The van der Waals surface area contributed by atoms with Crippen molar-refractivity contribution in [3.8, 4) is 11.4 Å². The fourth-order valence-electron chi connectivity index (χ4n) is 4.93. The highest BCUT2D eigenvalue weighted by molar-refractivity contribution is 6.30. The van der Waals surface area contributed by atoms with Crippen LogP contribution in [0.15, 0.2) is 59.1 Å². The summed E-state index contributed by atoms with van der Waals surface area (Å²) in [6.45, 7) is 0. The molecule has 5 heteroatoms. The van der Waals surface area contributed by atoms with Gasteiger partial charge in [-0.25, -0.2) is 0 Å². The summed E-state index contributed by atoms with van der Waals surface area (Å²) in [7, 11) is 2.24. The Balaban J connectivity index is 0.00000192. The first kappa shape index (κ1) is 19.2. The van der Waals surface area contributed by atoms with Gasteiger partial charge < -0.3 is 4.52 Å². The second-order valence-corrected chi connectivity index (χ2v) is 8.14. The van der Waals surface area contributed by atoms with E-state index in [0.29, 0.717) is 23.8 Å². The molecule has 4 atom stereocenters. The maximum absolute atomic E-state index is 6.12. The van der Waals surface area contributed by atoms with Gasteiger partial charge in [-0.05, 0) is 49.9 Å². The number of halogens is 1. The molecule has 0 N–H and O–H groups in total. The van der Waals surface area contributed by atoms with Crippen molar-refractivity contribution < 1.29 is 4.52 Å². The van der Waals surface area contributed by atoms with Crippen LogP contribution in [0, 0.1) is 0 Å². The van der Waals surface area contributed by atoms with Gasteiger partial charge >= 0.3 is 0 Å². The molecule has 2 unspecified atom stereocenters. The van der Waals surface area contributed by atoms with Gasteiger partial charge in [0.1, 0.15) is 0 Å². The Morgan fingerprint density at radius 1 is 1.04 bits per heavy atom. The Morgan fingerprint density at radius 3 is 2.54 bits per heavy atom. The molecule has 0 aliphatic carbocycles. The first-order chi connectivity index (χ1) is 13.2. The van der Waals surface area contributed by atoms with Crippen molar-refractivity contribution in [1.29, 1.82) is 0 Å². The van der Waals surface area contributed by atoms with Crippen LogP contribution >= 0.6 is 11.6 Å². The summed E-state index contributed by atoms with van der Waals surface area (Å²) in [6.07, 6.45) is 3.53. The Labute approximate surface area is 171 Å². The lowest BCUT2D eigenvalue weighted by Crippen LogP contribution is -2.44. The quantitative estimate of drug-likeness (QED) is 0.565. The Hall–Kier alpha value is -2.17. The van der Waals surface area contributed by atoms with Crippen LogP contribution in [0.2, 0.25) is 5.02 Å². The van der Waals surface area contributed by atoms with Crippen LogP contribution in [0.25, 0.3) is 11.4 Å². The summed E-state index contributed by atoms with van der Waals surface area (Å²) >= 11 is 6.12. The van der Waals surface area contributed by atoms with Crippen molar-refractivity contribution in [2.75, 3.05) is 7.05 Å². The average Bonchev–Trinajstić information content (AvgIpc) is 3.26. The van der Waals surface area contributed by atoms with E-state index in [1.165, 1.54) is 18.4 Å². The molecule has 28 heavy (non-hydrogen) atoms. The van der Waals surface area contributed by atoms with Crippen molar-refractivity contribution in [2.45, 2.75) is 50.6 Å². The SMILES string of the molecule is C.CN1C2CC[C@@H]1C[C@H](c1ccc(Cl)cc1)C2c1nc(-c2ccccc2)no1. The number of hydrogen-bond donors (Lipinski definition) is 0. The minimum absolute atomic E-state index is 0. The van der Waals surface area contributed by atoms with E-state index >= 15 is 0 Å². The van der Waals surface area contributed by atoms with Gasteiger partial charge in [-0.1, -0.05) is 66.6 Å². The van der Waals surface area contributed by atoms with E-state index in [4.69, 9.17) is 21.1 Å². The van der Waals surface area contributed by atoms with Crippen LogP contribution in [0.4, 0.5) is 0 Å². The lowest BCUT2D eigenvalue weighted by atomic mass is 9.76. The minimum Gasteiger partial charge on any atom is -0.339 e. The Kier molecular flexibility index (Phi) is 5.26. The van der Waals surface area contributed by atoms with Crippen LogP contribution in [-0.2, 0) is 0 Å². The molecule has 0 saturated carbocycles. The fourth-order valence-corrected chi connectivity index (χ4v) is 5.06. The normalized spacial score (nSPS) is 26.8. The molecule has 2 aliphatic heterocycles. The third-order valence-corrected chi connectivity index (χ3v) is 6.58. The van der Waals surface area contributed by atoms with E-state index in [1.54, 1.807) is 0 Å². The Bertz CT molecular complexity index is 925. The molecule has 0 amide bonds. The third kappa shape index (κ3) is 3.25. The number of rotatable bonds is 3. The highest BCUT2D eigenvalue weighted by Crippen LogP contribution is 2.50. The number of benzene rings is 2. The van der Waals surface area contributed by atoms with Crippen LogP contribution in [0.1, 0.15) is 50.0 Å². The van der Waals surface area contributed by atoms with Crippen molar-refractivity contribution in [3.05, 3.63) is 71.1 Å². The number of aromatic nitrogens is 2. The number of nitrogens with zero attached hydrogens (tertiary/aromatic N) is 3.